The van der Waals surface area contributed by atoms with Gasteiger partial charge in [-0.15, -0.1) is 0 Å². The highest BCUT2D eigenvalue weighted by Crippen LogP contribution is 2.44. The molecule has 0 aliphatic carbocycles. The molecular weight excluding hydrogens is 354 g/mol. The SMILES string of the molecule is Cc1cc2[nH]c(CO[Si](C)(C)C(C)(C)C(C)C)cc2cc1Br. The van der Waals surface area contributed by atoms with Crippen LogP contribution in [0, 0.1) is 12.8 Å². The zero-order valence-electron chi connectivity index (χ0n) is 14.8. The molecule has 4 heteroatoms. The predicted molar refractivity (Wildman–Crippen MR) is 102 cm³/mol. The third-order valence-corrected chi connectivity index (χ3v) is 10.9. The number of hydrogen-bond donors (Lipinski definition) is 1. The molecule has 122 valence electrons. The van der Waals surface area contributed by atoms with Gasteiger partial charge < -0.3 is 9.41 Å². The lowest BCUT2D eigenvalue weighted by atomic mass is 9.99. The lowest BCUT2D eigenvalue weighted by Crippen LogP contribution is -2.45. The lowest BCUT2D eigenvalue weighted by molar-refractivity contribution is 0.253. The van der Waals surface area contributed by atoms with E-state index in [0.717, 1.165) is 10.2 Å². The van der Waals surface area contributed by atoms with Crippen molar-refractivity contribution in [1.29, 1.82) is 0 Å². The third kappa shape index (κ3) is 3.34. The molecule has 0 aliphatic heterocycles. The molecule has 0 bridgehead atoms. The van der Waals surface area contributed by atoms with Crippen LogP contribution >= 0.6 is 15.9 Å². The van der Waals surface area contributed by atoms with Gasteiger partial charge in [-0.1, -0.05) is 43.6 Å². The number of hydrogen-bond acceptors (Lipinski definition) is 1. The molecule has 1 aromatic carbocycles. The van der Waals surface area contributed by atoms with Crippen LogP contribution < -0.4 is 0 Å². The Morgan fingerprint density at radius 3 is 2.45 bits per heavy atom. The molecule has 1 N–H and O–H groups in total. The maximum atomic E-state index is 6.43. The van der Waals surface area contributed by atoms with Crippen molar-refractivity contribution in [2.75, 3.05) is 0 Å². The number of aromatic nitrogens is 1. The molecule has 0 unspecified atom stereocenters. The van der Waals surface area contributed by atoms with Gasteiger partial charge in [-0.3, -0.25) is 0 Å². The standard InChI is InChI=1S/C18H28BrNOSi/c1-12(2)18(4,5)22(6,7)21-11-15-9-14-10-16(19)13(3)8-17(14)20-15/h8-10,12,20H,11H2,1-7H3. The zero-order chi connectivity index (χ0) is 16.7. The largest absolute Gasteiger partial charge is 0.411 e. The highest BCUT2D eigenvalue weighted by Gasteiger charge is 2.43. The van der Waals surface area contributed by atoms with Crippen LogP contribution in [-0.2, 0) is 11.0 Å². The van der Waals surface area contributed by atoms with Crippen LogP contribution in [0.15, 0.2) is 22.7 Å². The fourth-order valence-electron chi connectivity index (χ4n) is 2.54. The number of aromatic amines is 1. The van der Waals surface area contributed by atoms with E-state index in [4.69, 9.17) is 4.43 Å². The molecule has 0 aliphatic rings. The molecule has 2 nitrogen and oxygen atoms in total. The number of nitrogens with one attached hydrogen (secondary N) is 1. The molecule has 2 aromatic rings. The number of H-pyrrole nitrogens is 1. The van der Waals surface area contributed by atoms with Gasteiger partial charge in [-0.25, -0.2) is 0 Å². The summed E-state index contributed by atoms with van der Waals surface area (Å²) < 4.78 is 7.58. The van der Waals surface area contributed by atoms with Gasteiger partial charge in [0.05, 0.1) is 6.61 Å². The highest BCUT2D eigenvalue weighted by molar-refractivity contribution is 9.10. The van der Waals surface area contributed by atoms with Gasteiger partial charge in [-0.2, -0.15) is 0 Å². The number of fused-ring (bicyclic) bond motifs is 1. The molecule has 0 spiro atoms. The number of halogens is 1. The minimum atomic E-state index is -1.78. The van der Waals surface area contributed by atoms with Crippen LogP contribution in [0.5, 0.6) is 0 Å². The smallest absolute Gasteiger partial charge is 0.193 e. The van der Waals surface area contributed by atoms with Crippen molar-refractivity contribution in [2.24, 2.45) is 5.92 Å². The molecule has 22 heavy (non-hydrogen) atoms. The second kappa shape index (κ2) is 6.14. The summed E-state index contributed by atoms with van der Waals surface area (Å²) in [5, 5.41) is 1.48. The van der Waals surface area contributed by atoms with Crippen molar-refractivity contribution in [1.82, 2.24) is 4.98 Å². The summed E-state index contributed by atoms with van der Waals surface area (Å²) in [4.78, 5) is 3.49. The second-order valence-electron chi connectivity index (χ2n) is 7.66. The van der Waals surface area contributed by atoms with Crippen molar-refractivity contribution in [3.63, 3.8) is 0 Å². The Kier molecular flexibility index (Phi) is 4.96. The summed E-state index contributed by atoms with van der Waals surface area (Å²) in [5.41, 5.74) is 3.59. The molecule has 0 atom stereocenters. The van der Waals surface area contributed by atoms with Gasteiger partial charge in [-0.05, 0) is 54.7 Å². The fraction of sp³-hybridized carbons (Fsp3) is 0.556. The van der Waals surface area contributed by atoms with E-state index in [-0.39, 0.29) is 5.04 Å². The molecule has 0 saturated carbocycles. The van der Waals surface area contributed by atoms with Gasteiger partial charge >= 0.3 is 0 Å². The predicted octanol–water partition coefficient (Wildman–Crippen LogP) is 6.40. The molecule has 2 rings (SSSR count). The van der Waals surface area contributed by atoms with Crippen molar-refractivity contribution in [3.05, 3.63) is 33.9 Å². The Morgan fingerprint density at radius 2 is 1.86 bits per heavy atom. The first-order valence-electron chi connectivity index (χ1n) is 7.96. The van der Waals surface area contributed by atoms with Crippen LogP contribution in [0.25, 0.3) is 10.9 Å². The summed E-state index contributed by atoms with van der Waals surface area (Å²) in [5.74, 6) is 0.621. The average Bonchev–Trinajstić information content (AvgIpc) is 2.78. The summed E-state index contributed by atoms with van der Waals surface area (Å²) >= 11 is 3.60. The molecule has 1 heterocycles. The number of rotatable bonds is 5. The van der Waals surface area contributed by atoms with Crippen LogP contribution in [0.1, 0.15) is 39.0 Å². The summed E-state index contributed by atoms with van der Waals surface area (Å²) in [6, 6.07) is 6.56. The van der Waals surface area contributed by atoms with E-state index >= 15 is 0 Å². The Hall–Kier alpha value is -0.583. The quantitative estimate of drug-likeness (QED) is 0.595. The Morgan fingerprint density at radius 1 is 1.23 bits per heavy atom. The molecular formula is C18H28BrNOSi. The Labute approximate surface area is 143 Å². The first-order chi connectivity index (χ1) is 10.0. The van der Waals surface area contributed by atoms with E-state index in [0.29, 0.717) is 12.5 Å². The number of aryl methyl sites for hydroxylation is 1. The van der Waals surface area contributed by atoms with Crippen molar-refractivity contribution < 1.29 is 4.43 Å². The minimum Gasteiger partial charge on any atom is -0.411 e. The molecule has 0 saturated heterocycles. The van der Waals surface area contributed by atoms with Crippen molar-refractivity contribution in [2.45, 2.75) is 59.4 Å². The topological polar surface area (TPSA) is 25.0 Å². The first kappa shape index (κ1) is 17.8. The average molecular weight is 382 g/mol. The van der Waals surface area contributed by atoms with Gasteiger partial charge in [0, 0.05) is 21.1 Å². The summed E-state index contributed by atoms with van der Waals surface area (Å²) in [6.45, 7) is 16.7. The molecule has 1 aromatic heterocycles. The Balaban J connectivity index is 2.18. The van der Waals surface area contributed by atoms with Crippen LogP contribution in [0.2, 0.25) is 18.1 Å². The Bertz CT molecular complexity index is 634. The van der Waals surface area contributed by atoms with Crippen molar-refractivity contribution >= 4 is 35.2 Å². The van der Waals surface area contributed by atoms with E-state index in [2.05, 4.69) is 86.8 Å². The summed E-state index contributed by atoms with van der Waals surface area (Å²) in [7, 11) is -1.78. The molecule has 0 radical (unpaired) electrons. The summed E-state index contributed by atoms with van der Waals surface area (Å²) in [6.07, 6.45) is 0. The van der Waals surface area contributed by atoms with Gasteiger partial charge in [0.25, 0.3) is 0 Å². The minimum absolute atomic E-state index is 0.249. The highest BCUT2D eigenvalue weighted by atomic mass is 79.9. The third-order valence-electron chi connectivity index (χ3n) is 5.54. The van der Waals surface area contributed by atoms with E-state index < -0.39 is 8.32 Å². The molecule has 0 amide bonds. The van der Waals surface area contributed by atoms with E-state index in [1.807, 2.05) is 0 Å². The van der Waals surface area contributed by atoms with E-state index in [1.54, 1.807) is 0 Å². The zero-order valence-corrected chi connectivity index (χ0v) is 17.4. The van der Waals surface area contributed by atoms with Crippen LogP contribution in [0.3, 0.4) is 0 Å². The van der Waals surface area contributed by atoms with Gasteiger partial charge in [0.1, 0.15) is 0 Å². The van der Waals surface area contributed by atoms with E-state index in [9.17, 15) is 0 Å². The van der Waals surface area contributed by atoms with Crippen molar-refractivity contribution in [3.8, 4) is 0 Å². The first-order valence-corrected chi connectivity index (χ1v) is 11.7. The fourth-order valence-corrected chi connectivity index (χ4v) is 5.18. The normalized spacial score (nSPS) is 13.3. The van der Waals surface area contributed by atoms with Crippen LogP contribution in [-0.4, -0.2) is 13.3 Å². The maximum absolute atomic E-state index is 6.43. The van der Waals surface area contributed by atoms with Crippen LogP contribution in [0.4, 0.5) is 0 Å². The number of benzene rings is 1. The maximum Gasteiger partial charge on any atom is 0.193 e. The monoisotopic (exact) mass is 381 g/mol. The second-order valence-corrected chi connectivity index (χ2v) is 13.1. The van der Waals surface area contributed by atoms with Gasteiger partial charge in [0.15, 0.2) is 8.32 Å². The molecule has 0 fully saturated rings. The van der Waals surface area contributed by atoms with E-state index in [1.165, 1.54) is 16.5 Å². The lowest BCUT2D eigenvalue weighted by Gasteiger charge is -2.42. The van der Waals surface area contributed by atoms with Gasteiger partial charge in [0.2, 0.25) is 0 Å².